The molecule has 0 amide bonds. The number of morpholine rings is 1. The molecule has 1 aromatic carbocycles. The van der Waals surface area contributed by atoms with Gasteiger partial charge >= 0.3 is 0 Å². The van der Waals surface area contributed by atoms with Gasteiger partial charge in [-0.05, 0) is 31.7 Å². The minimum Gasteiger partial charge on any atom is -0.372 e. The Morgan fingerprint density at radius 2 is 1.66 bits per heavy atom. The van der Waals surface area contributed by atoms with Crippen LogP contribution in [0.2, 0.25) is 0 Å². The molecule has 8 nitrogen and oxygen atoms in total. The van der Waals surface area contributed by atoms with Crippen LogP contribution in [0.4, 0.5) is 11.4 Å². The third-order valence-corrected chi connectivity index (χ3v) is 6.53. The second kappa shape index (κ2) is 9.40. The Kier molecular flexibility index (Phi) is 7.64. The lowest BCUT2D eigenvalue weighted by molar-refractivity contribution is -0.385. The minimum absolute atomic E-state index is 0.00528. The van der Waals surface area contributed by atoms with Crippen molar-refractivity contribution in [1.82, 2.24) is 4.31 Å². The zero-order valence-corrected chi connectivity index (χ0v) is 19.0. The maximum Gasteiger partial charge on any atom is 0.270 e. The van der Waals surface area contributed by atoms with Gasteiger partial charge < -0.3 is 9.64 Å². The summed E-state index contributed by atoms with van der Waals surface area (Å²) in [4.78, 5) is 12.8. The smallest absolute Gasteiger partial charge is 0.270 e. The predicted octanol–water partition coefficient (Wildman–Crippen LogP) is 3.51. The average Bonchev–Trinajstić information content (AvgIpc) is 2.58. The highest BCUT2D eigenvalue weighted by Gasteiger charge is 2.33. The van der Waals surface area contributed by atoms with Crippen LogP contribution in [0.1, 0.15) is 41.5 Å². The van der Waals surface area contributed by atoms with Gasteiger partial charge in [0, 0.05) is 38.3 Å². The summed E-state index contributed by atoms with van der Waals surface area (Å²) in [7, 11) is -3.92. The molecule has 0 saturated carbocycles. The predicted molar refractivity (Wildman–Crippen MR) is 114 cm³/mol. The van der Waals surface area contributed by atoms with E-state index in [1.807, 2.05) is 46.4 Å². The fourth-order valence-electron chi connectivity index (χ4n) is 3.68. The maximum absolute atomic E-state index is 13.7. The molecule has 2 atom stereocenters. The van der Waals surface area contributed by atoms with Gasteiger partial charge in [-0.3, -0.25) is 10.1 Å². The molecule has 0 aromatic heterocycles. The van der Waals surface area contributed by atoms with E-state index in [4.69, 9.17) is 4.74 Å². The number of ether oxygens (including phenoxy) is 1. The lowest BCUT2D eigenvalue weighted by atomic mass is 10.2. The molecule has 1 aliphatic heterocycles. The van der Waals surface area contributed by atoms with Crippen LogP contribution in [0.15, 0.2) is 23.1 Å². The molecule has 0 bridgehead atoms. The van der Waals surface area contributed by atoms with Crippen molar-refractivity contribution in [3.05, 3.63) is 28.3 Å². The van der Waals surface area contributed by atoms with Gasteiger partial charge in [0.2, 0.25) is 10.0 Å². The van der Waals surface area contributed by atoms with Crippen LogP contribution in [-0.4, -0.2) is 56.0 Å². The van der Waals surface area contributed by atoms with Gasteiger partial charge in [0.1, 0.15) is 4.90 Å². The van der Waals surface area contributed by atoms with Crippen molar-refractivity contribution < 1.29 is 18.1 Å². The molecule has 2 unspecified atom stereocenters. The first-order chi connectivity index (χ1) is 13.4. The van der Waals surface area contributed by atoms with Gasteiger partial charge in [0.05, 0.1) is 22.8 Å². The van der Waals surface area contributed by atoms with Crippen molar-refractivity contribution >= 4 is 21.4 Å². The summed E-state index contributed by atoms with van der Waals surface area (Å²) < 4.78 is 34.5. The first-order valence-electron chi connectivity index (χ1n) is 10.1. The van der Waals surface area contributed by atoms with Gasteiger partial charge in [0.15, 0.2) is 0 Å². The van der Waals surface area contributed by atoms with Gasteiger partial charge in [0.25, 0.3) is 5.69 Å². The fourth-order valence-corrected chi connectivity index (χ4v) is 5.68. The van der Waals surface area contributed by atoms with Crippen LogP contribution in [0.3, 0.4) is 0 Å². The Hall–Kier alpha value is -1.71. The molecule has 2 rings (SSSR count). The van der Waals surface area contributed by atoms with Crippen LogP contribution in [0.25, 0.3) is 0 Å². The number of non-ortho nitro benzene ring substituents is 1. The molecule has 29 heavy (non-hydrogen) atoms. The molecule has 1 aliphatic rings. The Morgan fingerprint density at radius 3 is 2.10 bits per heavy atom. The van der Waals surface area contributed by atoms with Crippen LogP contribution in [-0.2, 0) is 14.8 Å². The lowest BCUT2D eigenvalue weighted by Crippen LogP contribution is -2.46. The molecular weight excluding hydrogens is 394 g/mol. The summed E-state index contributed by atoms with van der Waals surface area (Å²) in [5.74, 6) is 0.267. The molecule has 1 heterocycles. The third-order valence-electron chi connectivity index (χ3n) is 4.67. The molecule has 0 aliphatic carbocycles. The molecule has 1 aromatic rings. The van der Waals surface area contributed by atoms with E-state index < -0.39 is 14.9 Å². The van der Waals surface area contributed by atoms with Crippen LogP contribution < -0.4 is 4.90 Å². The summed E-state index contributed by atoms with van der Waals surface area (Å²) >= 11 is 0. The first-order valence-corrected chi connectivity index (χ1v) is 11.5. The normalized spacial score (nSPS) is 20.7. The van der Waals surface area contributed by atoms with Crippen LogP contribution >= 0.6 is 0 Å². The fraction of sp³-hybridized carbons (Fsp3) is 0.700. The van der Waals surface area contributed by atoms with Gasteiger partial charge in [-0.15, -0.1) is 0 Å². The SMILES string of the molecule is CC(C)CN(CC(C)C)S(=O)(=O)c1cc([N+](=O)[O-])ccc1N1CC(C)OC(C)C1. The largest absolute Gasteiger partial charge is 0.372 e. The van der Waals surface area contributed by atoms with E-state index in [1.165, 1.54) is 16.4 Å². The van der Waals surface area contributed by atoms with Crippen molar-refractivity contribution in [1.29, 1.82) is 0 Å². The number of hydrogen-bond acceptors (Lipinski definition) is 6. The van der Waals surface area contributed by atoms with Crippen molar-refractivity contribution in [2.75, 3.05) is 31.1 Å². The number of nitro benzene ring substituents is 1. The van der Waals surface area contributed by atoms with Crippen molar-refractivity contribution in [2.24, 2.45) is 11.8 Å². The van der Waals surface area contributed by atoms with Gasteiger partial charge in [-0.1, -0.05) is 27.7 Å². The second-order valence-corrected chi connectivity index (χ2v) is 10.6. The number of hydrogen-bond donors (Lipinski definition) is 0. The standard InChI is InChI=1S/C20H33N3O5S/c1-14(2)10-22(11-15(3)4)29(26,27)20-9-18(23(24)25)7-8-19(20)21-12-16(5)28-17(6)13-21/h7-9,14-17H,10-13H2,1-6H3. The highest BCUT2D eigenvalue weighted by atomic mass is 32.2. The summed E-state index contributed by atoms with van der Waals surface area (Å²) in [6.45, 7) is 13.5. The summed E-state index contributed by atoms with van der Waals surface area (Å²) in [6, 6.07) is 4.12. The number of rotatable bonds is 8. The topological polar surface area (TPSA) is 93.0 Å². The molecule has 0 radical (unpaired) electrons. The first kappa shape index (κ1) is 23.6. The number of sulfonamides is 1. The quantitative estimate of drug-likeness (QED) is 0.466. The van der Waals surface area contributed by atoms with Crippen molar-refractivity contribution in [2.45, 2.75) is 58.6 Å². The van der Waals surface area contributed by atoms with E-state index in [-0.39, 0.29) is 34.6 Å². The van der Waals surface area contributed by atoms with Crippen LogP contribution in [0.5, 0.6) is 0 Å². The number of benzene rings is 1. The summed E-state index contributed by atoms with van der Waals surface area (Å²) in [5.41, 5.74) is 0.269. The van der Waals surface area contributed by atoms with Gasteiger partial charge in [-0.2, -0.15) is 4.31 Å². The average molecular weight is 428 g/mol. The number of nitro groups is 1. The monoisotopic (exact) mass is 427 g/mol. The van der Waals surface area contributed by atoms with E-state index in [0.717, 1.165) is 0 Å². The summed E-state index contributed by atoms with van der Waals surface area (Å²) in [6.07, 6.45) is -0.126. The van der Waals surface area contributed by atoms with E-state index in [9.17, 15) is 18.5 Å². The Labute approximate surface area is 174 Å². The molecule has 164 valence electrons. The molecule has 9 heteroatoms. The molecule has 1 fully saturated rings. The van der Waals surface area contributed by atoms with Gasteiger partial charge in [-0.25, -0.2) is 8.42 Å². The zero-order valence-electron chi connectivity index (χ0n) is 18.2. The molecule has 1 saturated heterocycles. The summed E-state index contributed by atoms with van der Waals surface area (Å²) in [5, 5.41) is 11.4. The van der Waals surface area contributed by atoms with E-state index in [1.54, 1.807) is 6.07 Å². The maximum atomic E-state index is 13.7. The van der Waals surface area contributed by atoms with Crippen LogP contribution in [0, 0.1) is 22.0 Å². The molecule has 0 spiro atoms. The highest BCUT2D eigenvalue weighted by Crippen LogP contribution is 2.34. The Balaban J connectivity index is 2.59. The Morgan fingerprint density at radius 1 is 1.14 bits per heavy atom. The minimum atomic E-state index is -3.92. The lowest BCUT2D eigenvalue weighted by Gasteiger charge is -2.38. The van der Waals surface area contributed by atoms with Crippen molar-refractivity contribution in [3.8, 4) is 0 Å². The van der Waals surface area contributed by atoms with E-state index >= 15 is 0 Å². The second-order valence-electron chi connectivity index (χ2n) is 8.68. The Bertz CT molecular complexity index is 805. The third kappa shape index (κ3) is 5.90. The zero-order chi connectivity index (χ0) is 21.9. The number of nitrogens with zero attached hydrogens (tertiary/aromatic N) is 3. The molecular formula is C20H33N3O5S. The van der Waals surface area contributed by atoms with Crippen molar-refractivity contribution in [3.63, 3.8) is 0 Å². The number of anilines is 1. The van der Waals surface area contributed by atoms with E-state index in [0.29, 0.717) is 31.9 Å². The highest BCUT2D eigenvalue weighted by molar-refractivity contribution is 7.89. The van der Waals surface area contributed by atoms with E-state index in [2.05, 4.69) is 0 Å². The molecule has 0 N–H and O–H groups in total.